The maximum atomic E-state index is 9.72. The summed E-state index contributed by atoms with van der Waals surface area (Å²) in [5.41, 5.74) is 1.06. The van der Waals surface area contributed by atoms with Crippen LogP contribution in [0.25, 0.3) is 10.8 Å². The molecule has 2 rings (SSSR count). The fraction of sp³-hybridized carbons (Fsp3) is 0.167. The van der Waals surface area contributed by atoms with Gasteiger partial charge >= 0.3 is 0 Å². The van der Waals surface area contributed by atoms with Crippen molar-refractivity contribution in [1.29, 1.82) is 0 Å². The molecule has 2 aromatic rings. The molecule has 1 N–H and O–H groups in total. The number of aryl methyl sites for hydroxylation is 1. The fourth-order valence-corrected chi connectivity index (χ4v) is 1.59. The number of fused-ring (bicyclic) bond motifs is 1. The minimum atomic E-state index is 0. The molecule has 1 radical (unpaired) electrons. The molecule has 2 aromatic carbocycles. The van der Waals surface area contributed by atoms with Gasteiger partial charge in [-0.3, -0.25) is 0 Å². The van der Waals surface area contributed by atoms with E-state index in [1.54, 1.807) is 13.2 Å². The summed E-state index contributed by atoms with van der Waals surface area (Å²) < 4.78 is 5.10. The Bertz CT molecular complexity index is 480. The van der Waals surface area contributed by atoms with Crippen LogP contribution in [0.5, 0.6) is 11.5 Å². The first-order chi connectivity index (χ1) is 6.70. The van der Waals surface area contributed by atoms with Gasteiger partial charge < -0.3 is 9.84 Å². The molecule has 0 heterocycles. The van der Waals surface area contributed by atoms with E-state index in [9.17, 15) is 5.11 Å². The summed E-state index contributed by atoms with van der Waals surface area (Å²) >= 11 is 0. The van der Waals surface area contributed by atoms with Crippen LogP contribution in [0.3, 0.4) is 0 Å². The van der Waals surface area contributed by atoms with Crippen LogP contribution in [-0.4, -0.2) is 12.2 Å². The van der Waals surface area contributed by atoms with Gasteiger partial charge in [0.05, 0.1) is 7.11 Å². The first-order valence-corrected chi connectivity index (χ1v) is 4.48. The van der Waals surface area contributed by atoms with Gasteiger partial charge in [0.1, 0.15) is 11.5 Å². The van der Waals surface area contributed by atoms with Gasteiger partial charge in [0, 0.05) is 49.4 Å². The van der Waals surface area contributed by atoms with E-state index in [0.717, 1.165) is 22.1 Å². The first kappa shape index (κ1) is 12.8. The number of hydrogen-bond donors (Lipinski definition) is 1. The molecule has 0 saturated heterocycles. The molecule has 0 aliphatic rings. The van der Waals surface area contributed by atoms with Gasteiger partial charge in [0.25, 0.3) is 0 Å². The molecule has 0 amide bonds. The number of benzene rings is 2. The van der Waals surface area contributed by atoms with E-state index in [1.165, 1.54) is 0 Å². The maximum absolute atomic E-state index is 9.72. The van der Waals surface area contributed by atoms with Crippen molar-refractivity contribution in [2.75, 3.05) is 7.11 Å². The quantitative estimate of drug-likeness (QED) is 0.777. The van der Waals surface area contributed by atoms with E-state index in [1.807, 2.05) is 31.2 Å². The third-order valence-corrected chi connectivity index (χ3v) is 2.28. The second-order valence-electron chi connectivity index (χ2n) is 3.37. The molecule has 3 heteroatoms. The van der Waals surface area contributed by atoms with Gasteiger partial charge in [0.2, 0.25) is 0 Å². The molecule has 15 heavy (non-hydrogen) atoms. The van der Waals surface area contributed by atoms with Gasteiger partial charge in [-0.15, -0.1) is 0 Å². The van der Waals surface area contributed by atoms with Crippen molar-refractivity contribution < 1.29 is 53.9 Å². The van der Waals surface area contributed by atoms with Crippen LogP contribution in [0.1, 0.15) is 5.56 Å². The van der Waals surface area contributed by atoms with E-state index in [2.05, 4.69) is 0 Å². The van der Waals surface area contributed by atoms with Crippen molar-refractivity contribution in [3.63, 3.8) is 0 Å². The summed E-state index contributed by atoms with van der Waals surface area (Å²) in [5.74, 6) is 1.07. The Morgan fingerprint density at radius 3 is 2.53 bits per heavy atom. The van der Waals surface area contributed by atoms with Crippen LogP contribution in [0.4, 0.5) is 0 Å². The van der Waals surface area contributed by atoms with Crippen molar-refractivity contribution in [3.05, 3.63) is 35.9 Å². The van der Waals surface area contributed by atoms with Crippen molar-refractivity contribution in [3.8, 4) is 11.5 Å². The topological polar surface area (TPSA) is 29.5 Å². The zero-order valence-electron chi connectivity index (χ0n) is 8.82. The Morgan fingerprint density at radius 1 is 1.13 bits per heavy atom. The third kappa shape index (κ3) is 2.65. The predicted octanol–water partition coefficient (Wildman–Crippen LogP) is 2.86. The first-order valence-electron chi connectivity index (χ1n) is 4.48. The fourth-order valence-electron chi connectivity index (χ4n) is 1.59. The molecule has 0 bridgehead atoms. The number of methoxy groups -OCH3 is 1. The van der Waals surface area contributed by atoms with Crippen LogP contribution < -0.4 is 4.74 Å². The van der Waals surface area contributed by atoms with Crippen molar-refractivity contribution in [1.82, 2.24) is 0 Å². The summed E-state index contributed by atoms with van der Waals surface area (Å²) in [6.07, 6.45) is 0. The average molecular weight is 415 g/mol. The Hall–Kier alpha value is -0.258. The number of aromatic hydroxyl groups is 1. The summed E-state index contributed by atoms with van der Waals surface area (Å²) in [5, 5.41) is 11.6. The number of phenolic OH excluding ortho intramolecular Hbond substituents is 1. The average Bonchev–Trinajstić information content (AvgIpc) is 2.17. The molecule has 0 aliphatic heterocycles. The zero-order chi connectivity index (χ0) is 10.1. The van der Waals surface area contributed by atoms with Crippen molar-refractivity contribution in [2.45, 2.75) is 6.92 Å². The van der Waals surface area contributed by atoms with Crippen LogP contribution in [-0.2, 0) is 0 Å². The SMILES string of the molecule is COc1ccc2cc(C)cc(O)c2c1.[Ac]. The maximum Gasteiger partial charge on any atom is 0.123 e. The Balaban J connectivity index is 0.00000112. The van der Waals surface area contributed by atoms with E-state index >= 15 is 0 Å². The molecule has 0 atom stereocenters. The van der Waals surface area contributed by atoms with Crippen LogP contribution in [0.15, 0.2) is 30.3 Å². The third-order valence-electron chi connectivity index (χ3n) is 2.28. The van der Waals surface area contributed by atoms with Crippen LogP contribution >= 0.6 is 0 Å². The van der Waals surface area contributed by atoms with Gasteiger partial charge in [-0.25, -0.2) is 0 Å². The number of hydrogen-bond acceptors (Lipinski definition) is 2. The second-order valence-corrected chi connectivity index (χ2v) is 3.37. The molecule has 0 spiro atoms. The van der Waals surface area contributed by atoms with Gasteiger partial charge in [-0.2, -0.15) is 0 Å². The van der Waals surface area contributed by atoms with E-state index in [-0.39, 0.29) is 44.1 Å². The molecule has 0 aromatic heterocycles. The monoisotopic (exact) mass is 415 g/mol. The predicted molar refractivity (Wildman–Crippen MR) is 56.9 cm³/mol. The van der Waals surface area contributed by atoms with Crippen LogP contribution in [0.2, 0.25) is 0 Å². The summed E-state index contributed by atoms with van der Waals surface area (Å²) in [6, 6.07) is 9.46. The van der Waals surface area contributed by atoms with E-state index in [0.29, 0.717) is 5.75 Å². The number of rotatable bonds is 1. The molecule has 0 fully saturated rings. The standard InChI is InChI=1S/C12H12O2.Ac/c1-8-5-9-3-4-10(14-2)7-11(9)12(13)6-8;/h3-7,13H,1-2H3;. The zero-order valence-corrected chi connectivity index (χ0v) is 13.6. The normalized spacial score (nSPS) is 9.73. The minimum Gasteiger partial charge on any atom is -0.507 e. The molecule has 0 unspecified atom stereocenters. The van der Waals surface area contributed by atoms with Gasteiger partial charge in [0.15, 0.2) is 0 Å². The summed E-state index contributed by atoms with van der Waals surface area (Å²) in [4.78, 5) is 0. The number of ether oxygens (including phenoxy) is 1. The molecular weight excluding hydrogens is 403 g/mol. The molecule has 0 aliphatic carbocycles. The van der Waals surface area contributed by atoms with Gasteiger partial charge in [-0.1, -0.05) is 12.1 Å². The Morgan fingerprint density at radius 2 is 1.87 bits per heavy atom. The molecule has 0 saturated carbocycles. The molecule has 75 valence electrons. The van der Waals surface area contributed by atoms with Crippen LogP contribution in [0, 0.1) is 51.0 Å². The smallest absolute Gasteiger partial charge is 0.123 e. The van der Waals surface area contributed by atoms with E-state index in [4.69, 9.17) is 4.74 Å². The molecule has 2 nitrogen and oxygen atoms in total. The second kappa shape index (κ2) is 5.19. The largest absolute Gasteiger partial charge is 0.507 e. The van der Waals surface area contributed by atoms with E-state index < -0.39 is 0 Å². The van der Waals surface area contributed by atoms with Gasteiger partial charge in [-0.05, 0) is 36.1 Å². The summed E-state index contributed by atoms with van der Waals surface area (Å²) in [7, 11) is 1.62. The molecular formula is C12H12AcO2. The minimum absolute atomic E-state index is 0. The number of phenols is 1. The Labute approximate surface area is 125 Å². The Kier molecular flexibility index (Phi) is 4.43. The summed E-state index contributed by atoms with van der Waals surface area (Å²) in [6.45, 7) is 1.96. The van der Waals surface area contributed by atoms with Crippen molar-refractivity contribution >= 4 is 10.8 Å². The van der Waals surface area contributed by atoms with Crippen molar-refractivity contribution in [2.24, 2.45) is 0 Å².